The average Bonchev–Trinajstić information content (AvgIpc) is 2.56. The standard InChI is InChI=1S/C9H9N3S2/c10-6-3-1-2-4-7(6)13-8-5-12-9(11)14-8/h1-5H,10H2,(H2,11,12). The first kappa shape index (κ1) is 9.36. The molecule has 0 saturated carbocycles. The molecule has 2 aromatic rings. The molecule has 4 N–H and O–H groups in total. The molecule has 14 heavy (non-hydrogen) atoms. The van der Waals surface area contributed by atoms with Gasteiger partial charge in [0.1, 0.15) is 0 Å². The number of hydrogen-bond acceptors (Lipinski definition) is 5. The third kappa shape index (κ3) is 2.00. The Kier molecular flexibility index (Phi) is 2.60. The van der Waals surface area contributed by atoms with Gasteiger partial charge in [-0.2, -0.15) is 0 Å². The van der Waals surface area contributed by atoms with E-state index in [0.29, 0.717) is 5.13 Å². The minimum absolute atomic E-state index is 0.585. The van der Waals surface area contributed by atoms with E-state index in [4.69, 9.17) is 11.5 Å². The number of nitrogens with zero attached hydrogens (tertiary/aromatic N) is 1. The van der Waals surface area contributed by atoms with Gasteiger partial charge < -0.3 is 11.5 Å². The van der Waals surface area contributed by atoms with Crippen LogP contribution in [0.4, 0.5) is 10.8 Å². The van der Waals surface area contributed by atoms with Crippen LogP contribution < -0.4 is 11.5 Å². The summed E-state index contributed by atoms with van der Waals surface area (Å²) < 4.78 is 1.06. The van der Waals surface area contributed by atoms with E-state index in [-0.39, 0.29) is 0 Å². The zero-order chi connectivity index (χ0) is 9.97. The zero-order valence-electron chi connectivity index (χ0n) is 7.31. The summed E-state index contributed by atoms with van der Waals surface area (Å²) >= 11 is 3.05. The molecule has 0 aliphatic rings. The Bertz CT molecular complexity index is 439. The van der Waals surface area contributed by atoms with Crippen LogP contribution >= 0.6 is 23.1 Å². The van der Waals surface area contributed by atoms with E-state index in [1.165, 1.54) is 11.3 Å². The van der Waals surface area contributed by atoms with E-state index in [1.807, 2.05) is 24.3 Å². The monoisotopic (exact) mass is 223 g/mol. The number of nitrogen functional groups attached to an aromatic ring is 2. The third-order valence-corrected chi connectivity index (χ3v) is 3.65. The zero-order valence-corrected chi connectivity index (χ0v) is 8.94. The molecule has 1 aromatic heterocycles. The van der Waals surface area contributed by atoms with Crippen LogP contribution in [0.1, 0.15) is 0 Å². The molecule has 0 saturated heterocycles. The van der Waals surface area contributed by atoms with Gasteiger partial charge in [-0.25, -0.2) is 4.98 Å². The van der Waals surface area contributed by atoms with Crippen molar-refractivity contribution in [2.45, 2.75) is 9.10 Å². The molecule has 0 spiro atoms. The smallest absolute Gasteiger partial charge is 0.181 e. The van der Waals surface area contributed by atoms with Gasteiger partial charge in [0.15, 0.2) is 5.13 Å². The van der Waals surface area contributed by atoms with Crippen LogP contribution in [0.5, 0.6) is 0 Å². The van der Waals surface area contributed by atoms with Crippen LogP contribution in [0.15, 0.2) is 39.6 Å². The lowest BCUT2D eigenvalue weighted by Crippen LogP contribution is -1.85. The fourth-order valence-electron chi connectivity index (χ4n) is 1.00. The van der Waals surface area contributed by atoms with Crippen LogP contribution in [0, 0.1) is 0 Å². The molecule has 72 valence electrons. The van der Waals surface area contributed by atoms with Crippen molar-refractivity contribution in [1.82, 2.24) is 4.98 Å². The number of aromatic nitrogens is 1. The Hall–Kier alpha value is -1.20. The summed E-state index contributed by atoms with van der Waals surface area (Å²) in [5.74, 6) is 0. The van der Waals surface area contributed by atoms with Crippen molar-refractivity contribution < 1.29 is 0 Å². The molecule has 0 bridgehead atoms. The maximum absolute atomic E-state index is 5.81. The molecule has 1 aromatic carbocycles. The van der Waals surface area contributed by atoms with Crippen molar-refractivity contribution in [3.8, 4) is 0 Å². The summed E-state index contributed by atoms with van der Waals surface area (Å²) in [6, 6.07) is 7.74. The Morgan fingerprint density at radius 2 is 2.00 bits per heavy atom. The maximum Gasteiger partial charge on any atom is 0.181 e. The molecular formula is C9H9N3S2. The highest BCUT2D eigenvalue weighted by molar-refractivity contribution is 8.01. The normalized spacial score (nSPS) is 10.3. The topological polar surface area (TPSA) is 64.9 Å². The molecule has 0 amide bonds. The molecule has 0 aliphatic heterocycles. The van der Waals surface area contributed by atoms with Gasteiger partial charge in [-0.05, 0) is 12.1 Å². The highest BCUT2D eigenvalue weighted by Crippen LogP contribution is 2.35. The lowest BCUT2D eigenvalue weighted by molar-refractivity contribution is 1.37. The van der Waals surface area contributed by atoms with Gasteiger partial charge in [-0.3, -0.25) is 0 Å². The Morgan fingerprint density at radius 1 is 1.21 bits per heavy atom. The van der Waals surface area contributed by atoms with Gasteiger partial charge in [0.2, 0.25) is 0 Å². The molecular weight excluding hydrogens is 214 g/mol. The van der Waals surface area contributed by atoms with Gasteiger partial charge in [0.05, 0.1) is 10.4 Å². The molecule has 0 aliphatic carbocycles. The minimum Gasteiger partial charge on any atom is -0.398 e. The number of anilines is 2. The first-order chi connectivity index (χ1) is 6.75. The predicted octanol–water partition coefficient (Wildman–Crippen LogP) is 2.46. The summed E-state index contributed by atoms with van der Waals surface area (Å²) in [4.78, 5) is 5.02. The highest BCUT2D eigenvalue weighted by atomic mass is 32.2. The van der Waals surface area contributed by atoms with E-state index in [1.54, 1.807) is 18.0 Å². The molecule has 0 atom stereocenters. The second kappa shape index (κ2) is 3.89. The van der Waals surface area contributed by atoms with Crippen molar-refractivity contribution in [2.75, 3.05) is 11.5 Å². The molecule has 3 nitrogen and oxygen atoms in total. The Labute approximate surface area is 90.2 Å². The number of rotatable bonds is 2. The van der Waals surface area contributed by atoms with Crippen LogP contribution in [-0.4, -0.2) is 4.98 Å². The van der Waals surface area contributed by atoms with Crippen molar-refractivity contribution in [1.29, 1.82) is 0 Å². The van der Waals surface area contributed by atoms with Crippen molar-refractivity contribution >= 4 is 33.9 Å². The predicted molar refractivity (Wildman–Crippen MR) is 61.5 cm³/mol. The Morgan fingerprint density at radius 3 is 2.64 bits per heavy atom. The fraction of sp³-hybridized carbons (Fsp3) is 0. The van der Waals surface area contributed by atoms with Crippen LogP contribution in [-0.2, 0) is 0 Å². The van der Waals surface area contributed by atoms with Crippen LogP contribution in [0.3, 0.4) is 0 Å². The van der Waals surface area contributed by atoms with Gasteiger partial charge in [0, 0.05) is 10.6 Å². The molecule has 0 unspecified atom stereocenters. The number of hydrogen-bond donors (Lipinski definition) is 2. The van der Waals surface area contributed by atoms with Crippen LogP contribution in [0.25, 0.3) is 0 Å². The van der Waals surface area contributed by atoms with Gasteiger partial charge in [-0.15, -0.1) is 0 Å². The van der Waals surface area contributed by atoms with Crippen molar-refractivity contribution in [2.24, 2.45) is 0 Å². The third-order valence-electron chi connectivity index (χ3n) is 1.63. The molecule has 5 heteroatoms. The summed E-state index contributed by atoms with van der Waals surface area (Å²) in [5, 5.41) is 0.585. The molecule has 1 heterocycles. The second-order valence-corrected chi connectivity index (χ2v) is 5.06. The SMILES string of the molecule is Nc1ncc(Sc2ccccc2N)s1. The molecule has 0 fully saturated rings. The quantitative estimate of drug-likeness (QED) is 0.768. The number of nitrogens with two attached hydrogens (primary N) is 2. The summed E-state index contributed by atoms with van der Waals surface area (Å²) in [6.07, 6.45) is 1.76. The highest BCUT2D eigenvalue weighted by Gasteiger charge is 2.03. The summed E-state index contributed by atoms with van der Waals surface area (Å²) in [5.41, 5.74) is 12.1. The van der Waals surface area contributed by atoms with Gasteiger partial charge in [0.25, 0.3) is 0 Å². The first-order valence-electron chi connectivity index (χ1n) is 3.99. The lowest BCUT2D eigenvalue weighted by atomic mass is 10.3. The van der Waals surface area contributed by atoms with Crippen molar-refractivity contribution in [3.63, 3.8) is 0 Å². The van der Waals surface area contributed by atoms with Crippen molar-refractivity contribution in [3.05, 3.63) is 30.5 Å². The van der Waals surface area contributed by atoms with E-state index in [0.717, 1.165) is 14.8 Å². The van der Waals surface area contributed by atoms with Crippen LogP contribution in [0.2, 0.25) is 0 Å². The van der Waals surface area contributed by atoms with Gasteiger partial charge >= 0.3 is 0 Å². The van der Waals surface area contributed by atoms with E-state index >= 15 is 0 Å². The second-order valence-electron chi connectivity index (χ2n) is 2.66. The average molecular weight is 223 g/mol. The van der Waals surface area contributed by atoms with E-state index < -0.39 is 0 Å². The maximum atomic E-state index is 5.81. The first-order valence-corrected chi connectivity index (χ1v) is 5.62. The molecule has 2 rings (SSSR count). The minimum atomic E-state index is 0.585. The molecule has 0 radical (unpaired) electrons. The van der Waals surface area contributed by atoms with E-state index in [9.17, 15) is 0 Å². The van der Waals surface area contributed by atoms with Gasteiger partial charge in [-0.1, -0.05) is 35.2 Å². The van der Waals surface area contributed by atoms with E-state index in [2.05, 4.69) is 4.98 Å². The number of para-hydroxylation sites is 1. The largest absolute Gasteiger partial charge is 0.398 e. The number of thiazole rings is 1. The summed E-state index contributed by atoms with van der Waals surface area (Å²) in [6.45, 7) is 0. The fourth-order valence-corrected chi connectivity index (χ4v) is 2.76. The Balaban J connectivity index is 2.23. The lowest BCUT2D eigenvalue weighted by Gasteiger charge is -2.01. The summed E-state index contributed by atoms with van der Waals surface area (Å²) in [7, 11) is 0. The number of benzene rings is 1.